The first kappa shape index (κ1) is 13.4. The van der Waals surface area contributed by atoms with Crippen LogP contribution in [-0.4, -0.2) is 0 Å². The van der Waals surface area contributed by atoms with Crippen molar-refractivity contribution in [3.63, 3.8) is 0 Å². The summed E-state index contributed by atoms with van der Waals surface area (Å²) in [5, 5.41) is 12.5. The molecule has 2 aromatic carbocycles. The second-order valence-electron chi connectivity index (χ2n) is 4.24. The molecule has 96 valence electrons. The lowest BCUT2D eigenvalue weighted by atomic mass is 10.1. The number of anilines is 1. The molecule has 19 heavy (non-hydrogen) atoms. The number of hydrogen-bond donors (Lipinski definition) is 1. The minimum absolute atomic E-state index is 0.306. The average Bonchev–Trinajstić information content (AvgIpc) is 2.41. The first-order chi connectivity index (χ1) is 9.10. The number of nitrogens with zero attached hydrogens (tertiary/aromatic N) is 1. The second kappa shape index (κ2) is 5.73. The van der Waals surface area contributed by atoms with Gasteiger partial charge in [-0.05, 0) is 42.8 Å². The van der Waals surface area contributed by atoms with E-state index < -0.39 is 0 Å². The zero-order chi connectivity index (χ0) is 13.8. The van der Waals surface area contributed by atoms with Gasteiger partial charge in [-0.1, -0.05) is 17.7 Å². The number of halogens is 2. The molecule has 0 aromatic heterocycles. The van der Waals surface area contributed by atoms with Gasteiger partial charge in [0, 0.05) is 22.8 Å². The van der Waals surface area contributed by atoms with E-state index in [0.29, 0.717) is 22.7 Å². The van der Waals surface area contributed by atoms with Gasteiger partial charge in [0.05, 0.1) is 11.6 Å². The molecule has 0 bridgehead atoms. The highest BCUT2D eigenvalue weighted by Crippen LogP contribution is 2.21. The maximum atomic E-state index is 13.6. The highest BCUT2D eigenvalue weighted by molar-refractivity contribution is 6.31. The van der Waals surface area contributed by atoms with Crippen molar-refractivity contribution in [2.24, 2.45) is 0 Å². The van der Waals surface area contributed by atoms with Crippen LogP contribution in [0.3, 0.4) is 0 Å². The van der Waals surface area contributed by atoms with Crippen molar-refractivity contribution in [1.29, 1.82) is 5.26 Å². The topological polar surface area (TPSA) is 35.8 Å². The third kappa shape index (κ3) is 3.24. The fourth-order valence-electron chi connectivity index (χ4n) is 1.68. The fourth-order valence-corrected chi connectivity index (χ4v) is 1.86. The van der Waals surface area contributed by atoms with Crippen molar-refractivity contribution in [3.8, 4) is 6.07 Å². The fraction of sp³-hybridized carbons (Fsp3) is 0.133. The molecule has 0 saturated heterocycles. The Balaban J connectivity index is 2.14. The molecule has 2 rings (SSSR count). The van der Waals surface area contributed by atoms with Gasteiger partial charge in [0.2, 0.25) is 0 Å². The van der Waals surface area contributed by atoms with Crippen molar-refractivity contribution in [2.75, 3.05) is 5.32 Å². The zero-order valence-corrected chi connectivity index (χ0v) is 11.1. The van der Waals surface area contributed by atoms with E-state index in [1.54, 1.807) is 6.07 Å². The number of rotatable bonds is 3. The van der Waals surface area contributed by atoms with Gasteiger partial charge in [-0.15, -0.1) is 0 Å². The Bertz CT molecular complexity index is 647. The molecule has 0 aliphatic heterocycles. The Morgan fingerprint density at radius 2 is 2.05 bits per heavy atom. The van der Waals surface area contributed by atoms with Gasteiger partial charge in [-0.3, -0.25) is 0 Å². The van der Waals surface area contributed by atoms with E-state index in [4.69, 9.17) is 16.9 Å². The van der Waals surface area contributed by atoms with Gasteiger partial charge in [-0.2, -0.15) is 5.26 Å². The zero-order valence-electron chi connectivity index (χ0n) is 10.4. The van der Waals surface area contributed by atoms with Crippen molar-refractivity contribution < 1.29 is 4.39 Å². The minimum Gasteiger partial charge on any atom is -0.381 e. The van der Waals surface area contributed by atoms with Crippen LogP contribution in [0, 0.1) is 24.1 Å². The molecule has 0 fully saturated rings. The minimum atomic E-state index is -0.329. The Morgan fingerprint density at radius 1 is 1.26 bits per heavy atom. The van der Waals surface area contributed by atoms with Crippen LogP contribution < -0.4 is 5.32 Å². The van der Waals surface area contributed by atoms with E-state index in [2.05, 4.69) is 5.32 Å². The first-order valence-electron chi connectivity index (χ1n) is 5.78. The van der Waals surface area contributed by atoms with Gasteiger partial charge < -0.3 is 5.32 Å². The highest BCUT2D eigenvalue weighted by Gasteiger charge is 2.04. The van der Waals surface area contributed by atoms with Gasteiger partial charge in [0.25, 0.3) is 0 Å². The predicted molar refractivity (Wildman–Crippen MR) is 74.6 cm³/mol. The number of hydrogen-bond acceptors (Lipinski definition) is 2. The summed E-state index contributed by atoms with van der Waals surface area (Å²) in [6.07, 6.45) is 0. The van der Waals surface area contributed by atoms with E-state index in [1.807, 2.05) is 25.1 Å². The molecule has 2 aromatic rings. The summed E-state index contributed by atoms with van der Waals surface area (Å²) < 4.78 is 13.6. The van der Waals surface area contributed by atoms with Gasteiger partial charge in [0.1, 0.15) is 5.82 Å². The van der Waals surface area contributed by atoms with E-state index >= 15 is 0 Å². The third-order valence-electron chi connectivity index (χ3n) is 2.83. The van der Waals surface area contributed by atoms with E-state index in [1.165, 1.54) is 18.2 Å². The van der Waals surface area contributed by atoms with Crippen LogP contribution in [0.25, 0.3) is 0 Å². The van der Waals surface area contributed by atoms with Crippen LogP contribution in [0.4, 0.5) is 10.1 Å². The lowest BCUT2D eigenvalue weighted by Gasteiger charge is -2.09. The molecule has 1 N–H and O–H groups in total. The summed E-state index contributed by atoms with van der Waals surface area (Å²) in [6.45, 7) is 2.23. The van der Waals surface area contributed by atoms with Crippen molar-refractivity contribution in [1.82, 2.24) is 0 Å². The number of nitriles is 1. The maximum absolute atomic E-state index is 13.6. The SMILES string of the molecule is Cc1ccc(NCc2cc(C#N)ccc2F)cc1Cl. The number of aryl methyl sites for hydroxylation is 1. The van der Waals surface area contributed by atoms with Crippen molar-refractivity contribution in [3.05, 3.63) is 63.9 Å². The Labute approximate surface area is 116 Å². The summed E-state index contributed by atoms with van der Waals surface area (Å²) in [4.78, 5) is 0. The molecular formula is C15H12ClFN2. The predicted octanol–water partition coefficient (Wildman–Crippen LogP) is 4.27. The second-order valence-corrected chi connectivity index (χ2v) is 4.64. The smallest absolute Gasteiger partial charge is 0.128 e. The monoisotopic (exact) mass is 274 g/mol. The largest absolute Gasteiger partial charge is 0.381 e. The molecule has 0 aliphatic carbocycles. The maximum Gasteiger partial charge on any atom is 0.128 e. The molecule has 0 spiro atoms. The summed E-state index contributed by atoms with van der Waals surface area (Å²) >= 11 is 6.02. The highest BCUT2D eigenvalue weighted by atomic mass is 35.5. The lowest BCUT2D eigenvalue weighted by molar-refractivity contribution is 0.612. The Morgan fingerprint density at radius 3 is 2.74 bits per heavy atom. The van der Waals surface area contributed by atoms with Crippen LogP contribution in [0.1, 0.15) is 16.7 Å². The van der Waals surface area contributed by atoms with Crippen molar-refractivity contribution >= 4 is 17.3 Å². The van der Waals surface area contributed by atoms with E-state index in [0.717, 1.165) is 11.3 Å². The lowest BCUT2D eigenvalue weighted by Crippen LogP contribution is -2.02. The molecule has 0 amide bonds. The molecule has 0 radical (unpaired) electrons. The molecule has 0 heterocycles. The van der Waals surface area contributed by atoms with Crippen LogP contribution in [0.2, 0.25) is 5.02 Å². The molecule has 0 saturated carbocycles. The van der Waals surface area contributed by atoms with E-state index in [9.17, 15) is 4.39 Å². The van der Waals surface area contributed by atoms with Crippen LogP contribution in [-0.2, 0) is 6.54 Å². The van der Waals surface area contributed by atoms with Crippen LogP contribution in [0.5, 0.6) is 0 Å². The number of benzene rings is 2. The van der Waals surface area contributed by atoms with Crippen LogP contribution >= 0.6 is 11.6 Å². The molecule has 0 unspecified atom stereocenters. The van der Waals surface area contributed by atoms with Gasteiger partial charge >= 0.3 is 0 Å². The third-order valence-corrected chi connectivity index (χ3v) is 3.24. The molecular weight excluding hydrogens is 263 g/mol. The number of nitrogens with one attached hydrogen (secondary N) is 1. The van der Waals surface area contributed by atoms with Gasteiger partial charge in [0.15, 0.2) is 0 Å². The van der Waals surface area contributed by atoms with Crippen LogP contribution in [0.15, 0.2) is 36.4 Å². The summed E-state index contributed by atoms with van der Waals surface area (Å²) in [6, 6.07) is 11.9. The summed E-state index contributed by atoms with van der Waals surface area (Å²) in [5.74, 6) is -0.329. The summed E-state index contributed by atoms with van der Waals surface area (Å²) in [5.41, 5.74) is 2.71. The normalized spacial score (nSPS) is 10.0. The van der Waals surface area contributed by atoms with Crippen molar-refractivity contribution in [2.45, 2.75) is 13.5 Å². The Kier molecular flexibility index (Phi) is 4.03. The van der Waals surface area contributed by atoms with E-state index in [-0.39, 0.29) is 5.82 Å². The molecule has 0 atom stereocenters. The molecule has 4 heteroatoms. The molecule has 2 nitrogen and oxygen atoms in total. The molecule has 0 aliphatic rings. The average molecular weight is 275 g/mol. The Hall–Kier alpha value is -2.05. The van der Waals surface area contributed by atoms with Gasteiger partial charge in [-0.25, -0.2) is 4.39 Å². The summed E-state index contributed by atoms with van der Waals surface area (Å²) in [7, 11) is 0. The standard InChI is InChI=1S/C15H12ClFN2/c1-10-2-4-13(7-14(10)16)19-9-12-6-11(8-18)3-5-15(12)17/h2-7,19H,9H2,1H3. The first-order valence-corrected chi connectivity index (χ1v) is 6.16. The quantitative estimate of drug-likeness (QED) is 0.907.